The van der Waals surface area contributed by atoms with Crippen molar-refractivity contribution in [1.82, 2.24) is 10.2 Å². The number of ketones is 1. The highest BCUT2D eigenvalue weighted by atomic mass is 16.1. The molecule has 0 aromatic heterocycles. The average Bonchev–Trinajstić information content (AvgIpc) is 2.68. The molecule has 19 heavy (non-hydrogen) atoms. The van der Waals surface area contributed by atoms with Crippen LogP contribution in [0, 0.1) is 6.92 Å². The lowest BCUT2D eigenvalue weighted by Gasteiger charge is -2.18. The van der Waals surface area contributed by atoms with Crippen LogP contribution < -0.4 is 5.32 Å². The van der Waals surface area contributed by atoms with Gasteiger partial charge in [-0.15, -0.1) is 0 Å². The standard InChI is InChI=1S/C16H24N2O/c1-14-5-7-15(8-6-14)16(19)4-2-11-18-12-3-9-17-10-13-18/h5-8,17H,2-4,9-13H2,1H3. The van der Waals surface area contributed by atoms with Crippen LogP contribution in [0.5, 0.6) is 0 Å². The molecule has 104 valence electrons. The zero-order chi connectivity index (χ0) is 13.5. The molecule has 1 aliphatic heterocycles. The minimum Gasteiger partial charge on any atom is -0.315 e. The summed E-state index contributed by atoms with van der Waals surface area (Å²) in [5.74, 6) is 0.271. The summed E-state index contributed by atoms with van der Waals surface area (Å²) < 4.78 is 0. The molecule has 1 heterocycles. The van der Waals surface area contributed by atoms with Gasteiger partial charge in [-0.25, -0.2) is 0 Å². The number of rotatable bonds is 5. The zero-order valence-electron chi connectivity index (χ0n) is 11.8. The van der Waals surface area contributed by atoms with Crippen molar-refractivity contribution in [1.29, 1.82) is 0 Å². The molecular weight excluding hydrogens is 236 g/mol. The van der Waals surface area contributed by atoms with Crippen molar-refractivity contribution < 1.29 is 4.79 Å². The van der Waals surface area contributed by atoms with Crippen LogP contribution in [0.25, 0.3) is 0 Å². The normalized spacial score (nSPS) is 17.1. The summed E-state index contributed by atoms with van der Waals surface area (Å²) in [5.41, 5.74) is 2.05. The summed E-state index contributed by atoms with van der Waals surface area (Å²) >= 11 is 0. The number of aryl methyl sites for hydroxylation is 1. The number of nitrogens with one attached hydrogen (secondary N) is 1. The first kappa shape index (κ1) is 14.2. The molecule has 0 spiro atoms. The van der Waals surface area contributed by atoms with Crippen molar-refractivity contribution in [3.05, 3.63) is 35.4 Å². The largest absolute Gasteiger partial charge is 0.315 e. The lowest BCUT2D eigenvalue weighted by molar-refractivity contribution is 0.0975. The van der Waals surface area contributed by atoms with Crippen LogP contribution in [-0.2, 0) is 0 Å². The summed E-state index contributed by atoms with van der Waals surface area (Å²) in [6.45, 7) is 7.55. The Morgan fingerprint density at radius 3 is 2.79 bits per heavy atom. The van der Waals surface area contributed by atoms with Crippen LogP contribution in [0.1, 0.15) is 35.2 Å². The van der Waals surface area contributed by atoms with Gasteiger partial charge in [0, 0.05) is 25.1 Å². The van der Waals surface area contributed by atoms with E-state index < -0.39 is 0 Å². The number of hydrogen-bond acceptors (Lipinski definition) is 3. The molecule has 1 saturated heterocycles. The third-order valence-electron chi connectivity index (χ3n) is 3.68. The van der Waals surface area contributed by atoms with Crippen molar-refractivity contribution in [3.63, 3.8) is 0 Å². The van der Waals surface area contributed by atoms with E-state index in [9.17, 15) is 4.79 Å². The molecule has 0 atom stereocenters. The highest BCUT2D eigenvalue weighted by Crippen LogP contribution is 2.08. The number of benzene rings is 1. The maximum Gasteiger partial charge on any atom is 0.162 e. The van der Waals surface area contributed by atoms with E-state index in [1.807, 2.05) is 31.2 Å². The van der Waals surface area contributed by atoms with Crippen LogP contribution in [-0.4, -0.2) is 43.4 Å². The third kappa shape index (κ3) is 4.77. The van der Waals surface area contributed by atoms with Gasteiger partial charge in [0.25, 0.3) is 0 Å². The second-order valence-electron chi connectivity index (χ2n) is 5.34. The van der Waals surface area contributed by atoms with Gasteiger partial charge in [-0.3, -0.25) is 4.79 Å². The molecule has 1 fully saturated rings. The van der Waals surface area contributed by atoms with Gasteiger partial charge in [-0.1, -0.05) is 29.8 Å². The van der Waals surface area contributed by atoms with Crippen molar-refractivity contribution in [3.8, 4) is 0 Å². The van der Waals surface area contributed by atoms with Crippen molar-refractivity contribution in [2.24, 2.45) is 0 Å². The van der Waals surface area contributed by atoms with Gasteiger partial charge < -0.3 is 10.2 Å². The van der Waals surface area contributed by atoms with Crippen LogP contribution in [0.4, 0.5) is 0 Å². The Balaban J connectivity index is 1.72. The molecule has 1 N–H and O–H groups in total. The van der Waals surface area contributed by atoms with Gasteiger partial charge >= 0.3 is 0 Å². The first-order valence-electron chi connectivity index (χ1n) is 7.28. The van der Waals surface area contributed by atoms with Crippen molar-refractivity contribution in [2.75, 3.05) is 32.7 Å². The fourth-order valence-electron chi connectivity index (χ4n) is 2.47. The SMILES string of the molecule is Cc1ccc(C(=O)CCCN2CCCNCC2)cc1. The summed E-state index contributed by atoms with van der Waals surface area (Å²) in [7, 11) is 0. The van der Waals surface area contributed by atoms with Gasteiger partial charge in [0.1, 0.15) is 0 Å². The molecule has 0 unspecified atom stereocenters. The van der Waals surface area contributed by atoms with E-state index in [0.29, 0.717) is 6.42 Å². The van der Waals surface area contributed by atoms with Gasteiger partial charge in [0.05, 0.1) is 0 Å². The third-order valence-corrected chi connectivity index (χ3v) is 3.68. The van der Waals surface area contributed by atoms with Crippen molar-refractivity contribution in [2.45, 2.75) is 26.2 Å². The van der Waals surface area contributed by atoms with E-state index in [1.165, 1.54) is 12.0 Å². The van der Waals surface area contributed by atoms with Crippen molar-refractivity contribution >= 4 is 5.78 Å². The summed E-state index contributed by atoms with van der Waals surface area (Å²) in [5, 5.41) is 3.40. The van der Waals surface area contributed by atoms with E-state index in [4.69, 9.17) is 0 Å². The second kappa shape index (κ2) is 7.41. The molecule has 0 saturated carbocycles. The number of nitrogens with zero attached hydrogens (tertiary/aromatic N) is 1. The molecule has 1 aliphatic rings. The minimum atomic E-state index is 0.271. The minimum absolute atomic E-state index is 0.271. The maximum absolute atomic E-state index is 12.0. The van der Waals surface area contributed by atoms with Gasteiger partial charge in [0.15, 0.2) is 5.78 Å². The quantitative estimate of drug-likeness (QED) is 0.824. The van der Waals surface area contributed by atoms with Gasteiger partial charge in [-0.05, 0) is 39.4 Å². The predicted octanol–water partition coefficient (Wildman–Crippen LogP) is 2.25. The Morgan fingerprint density at radius 1 is 1.21 bits per heavy atom. The predicted molar refractivity (Wildman–Crippen MR) is 78.7 cm³/mol. The van der Waals surface area contributed by atoms with E-state index in [0.717, 1.165) is 44.7 Å². The highest BCUT2D eigenvalue weighted by molar-refractivity contribution is 5.96. The van der Waals surface area contributed by atoms with Crippen LogP contribution in [0.2, 0.25) is 0 Å². The first-order valence-corrected chi connectivity index (χ1v) is 7.28. The average molecular weight is 260 g/mol. The smallest absolute Gasteiger partial charge is 0.162 e. The summed E-state index contributed by atoms with van der Waals surface area (Å²) in [4.78, 5) is 14.5. The molecule has 0 bridgehead atoms. The van der Waals surface area contributed by atoms with Gasteiger partial charge in [0.2, 0.25) is 0 Å². The Hall–Kier alpha value is -1.19. The van der Waals surface area contributed by atoms with E-state index in [2.05, 4.69) is 10.2 Å². The zero-order valence-corrected chi connectivity index (χ0v) is 11.8. The lowest BCUT2D eigenvalue weighted by atomic mass is 10.1. The molecule has 1 aromatic rings. The number of carbonyl (C=O) groups excluding carboxylic acids is 1. The van der Waals surface area contributed by atoms with E-state index >= 15 is 0 Å². The maximum atomic E-state index is 12.0. The topological polar surface area (TPSA) is 32.3 Å². The Morgan fingerprint density at radius 2 is 2.00 bits per heavy atom. The molecule has 3 heteroatoms. The molecule has 0 amide bonds. The molecule has 1 aromatic carbocycles. The molecule has 2 rings (SSSR count). The van der Waals surface area contributed by atoms with Crippen LogP contribution in [0.15, 0.2) is 24.3 Å². The number of carbonyl (C=O) groups is 1. The number of hydrogen-bond donors (Lipinski definition) is 1. The Labute approximate surface area is 116 Å². The molecular formula is C16H24N2O. The fourth-order valence-corrected chi connectivity index (χ4v) is 2.47. The number of Topliss-reactive ketones (excluding diaryl/α,β-unsaturated/α-hetero) is 1. The Kier molecular flexibility index (Phi) is 5.55. The second-order valence-corrected chi connectivity index (χ2v) is 5.34. The molecule has 0 aliphatic carbocycles. The van der Waals surface area contributed by atoms with Gasteiger partial charge in [-0.2, -0.15) is 0 Å². The summed E-state index contributed by atoms with van der Waals surface area (Å²) in [6, 6.07) is 7.89. The monoisotopic (exact) mass is 260 g/mol. The molecule has 0 radical (unpaired) electrons. The first-order chi connectivity index (χ1) is 9.25. The van der Waals surface area contributed by atoms with Crippen LogP contribution >= 0.6 is 0 Å². The Bertz CT molecular complexity index is 392. The lowest BCUT2D eigenvalue weighted by Crippen LogP contribution is -2.29. The fraction of sp³-hybridized carbons (Fsp3) is 0.562. The van der Waals surface area contributed by atoms with E-state index in [1.54, 1.807) is 0 Å². The molecule has 3 nitrogen and oxygen atoms in total. The van der Waals surface area contributed by atoms with Crippen LogP contribution in [0.3, 0.4) is 0 Å². The summed E-state index contributed by atoms with van der Waals surface area (Å²) in [6.07, 6.45) is 2.84. The highest BCUT2D eigenvalue weighted by Gasteiger charge is 2.10. The van der Waals surface area contributed by atoms with E-state index in [-0.39, 0.29) is 5.78 Å².